The van der Waals surface area contributed by atoms with Crippen LogP contribution in [0.5, 0.6) is 0 Å². The first-order valence-corrected chi connectivity index (χ1v) is 8.02. The molecule has 0 aliphatic carbocycles. The smallest absolute Gasteiger partial charge is 0.326 e. The number of carboxylic acid groups (broad SMARTS) is 2. The van der Waals surface area contributed by atoms with Gasteiger partial charge in [0.25, 0.3) is 0 Å². The van der Waals surface area contributed by atoms with Crippen LogP contribution >= 0.6 is 0 Å². The Kier molecular flexibility index (Phi) is 3.54. The van der Waals surface area contributed by atoms with E-state index in [-0.39, 0.29) is 12.0 Å². The van der Waals surface area contributed by atoms with E-state index in [0.29, 0.717) is 17.1 Å². The fourth-order valence-corrected chi connectivity index (χ4v) is 3.31. The summed E-state index contributed by atoms with van der Waals surface area (Å²) in [5, 5.41) is 20.5. The van der Waals surface area contributed by atoms with E-state index in [4.69, 9.17) is 0 Å². The fraction of sp³-hybridized carbons (Fsp3) is 0.100. The van der Waals surface area contributed by atoms with E-state index in [1.165, 1.54) is 6.07 Å². The predicted octanol–water partition coefficient (Wildman–Crippen LogP) is 3.17. The van der Waals surface area contributed by atoms with Crippen molar-refractivity contribution in [1.29, 1.82) is 0 Å². The molecule has 0 amide bonds. The van der Waals surface area contributed by atoms with Crippen LogP contribution in [0.3, 0.4) is 0 Å². The molecule has 1 aromatic heterocycles. The molecular formula is C20H14N2O4. The molecule has 0 spiro atoms. The van der Waals surface area contributed by atoms with Gasteiger partial charge in [0, 0.05) is 17.4 Å². The summed E-state index contributed by atoms with van der Waals surface area (Å²) in [6.45, 7) is 0. The zero-order valence-electron chi connectivity index (χ0n) is 13.6. The van der Waals surface area contributed by atoms with E-state index in [0.717, 1.165) is 10.9 Å². The van der Waals surface area contributed by atoms with E-state index in [9.17, 15) is 19.8 Å². The maximum Gasteiger partial charge on any atom is 0.326 e. The molecule has 0 radical (unpaired) electrons. The molecule has 26 heavy (non-hydrogen) atoms. The Labute approximate surface area is 148 Å². The van der Waals surface area contributed by atoms with Crippen LogP contribution in [0.2, 0.25) is 0 Å². The van der Waals surface area contributed by atoms with Crippen LogP contribution in [-0.4, -0.2) is 32.8 Å². The van der Waals surface area contributed by atoms with Gasteiger partial charge < -0.3 is 10.2 Å². The quantitative estimate of drug-likeness (QED) is 0.710. The number of rotatable bonds is 3. The van der Waals surface area contributed by atoms with E-state index in [1.807, 2.05) is 30.3 Å². The molecule has 0 saturated heterocycles. The lowest BCUT2D eigenvalue weighted by Gasteiger charge is -2.30. The van der Waals surface area contributed by atoms with Crippen LogP contribution in [0.4, 0.5) is 5.69 Å². The molecule has 0 atom stereocenters. The minimum absolute atomic E-state index is 0.185. The molecule has 6 nitrogen and oxygen atoms in total. The third-order valence-corrected chi connectivity index (χ3v) is 4.68. The lowest BCUT2D eigenvalue weighted by Crippen LogP contribution is -2.47. The lowest BCUT2D eigenvalue weighted by atomic mass is 9.73. The van der Waals surface area contributed by atoms with Crippen LogP contribution in [0.1, 0.15) is 17.7 Å². The molecule has 6 heteroatoms. The van der Waals surface area contributed by atoms with Crippen molar-refractivity contribution in [2.24, 2.45) is 4.99 Å². The summed E-state index contributed by atoms with van der Waals surface area (Å²) < 4.78 is 0. The van der Waals surface area contributed by atoms with Gasteiger partial charge in [0.2, 0.25) is 0 Å². The lowest BCUT2D eigenvalue weighted by molar-refractivity contribution is -0.157. The molecule has 1 aliphatic heterocycles. The van der Waals surface area contributed by atoms with Gasteiger partial charge in [0.15, 0.2) is 5.41 Å². The van der Waals surface area contributed by atoms with Crippen molar-refractivity contribution in [2.45, 2.75) is 11.8 Å². The van der Waals surface area contributed by atoms with Gasteiger partial charge in [0.05, 0.1) is 22.6 Å². The number of hydrogen-bond acceptors (Lipinski definition) is 4. The third-order valence-electron chi connectivity index (χ3n) is 4.68. The molecule has 2 heterocycles. The van der Waals surface area contributed by atoms with Crippen molar-refractivity contribution < 1.29 is 19.8 Å². The maximum absolute atomic E-state index is 12.0. The number of para-hydroxylation sites is 2. The minimum Gasteiger partial charge on any atom is -0.480 e. The van der Waals surface area contributed by atoms with Crippen LogP contribution in [0.25, 0.3) is 10.9 Å². The highest BCUT2D eigenvalue weighted by molar-refractivity contribution is 6.15. The fourth-order valence-electron chi connectivity index (χ4n) is 3.31. The number of benzene rings is 2. The van der Waals surface area contributed by atoms with Gasteiger partial charge in [-0.15, -0.1) is 0 Å². The Morgan fingerprint density at radius 1 is 0.885 bits per heavy atom. The summed E-state index contributed by atoms with van der Waals surface area (Å²) in [5.41, 5.74) is 0.00580. The number of hydrogen-bond donors (Lipinski definition) is 2. The van der Waals surface area contributed by atoms with Crippen molar-refractivity contribution in [3.05, 3.63) is 71.9 Å². The van der Waals surface area contributed by atoms with Crippen LogP contribution in [-0.2, 0) is 15.0 Å². The highest BCUT2D eigenvalue weighted by Gasteiger charge is 2.52. The topological polar surface area (TPSA) is 99.8 Å². The first kappa shape index (κ1) is 16.0. The number of pyridine rings is 1. The van der Waals surface area contributed by atoms with Crippen molar-refractivity contribution in [1.82, 2.24) is 4.98 Å². The first-order valence-electron chi connectivity index (χ1n) is 8.02. The second-order valence-corrected chi connectivity index (χ2v) is 6.16. The number of carboxylic acids is 2. The normalized spacial score (nSPS) is 15.2. The summed E-state index contributed by atoms with van der Waals surface area (Å²) in [7, 11) is 0. The standard InChI is InChI=1S/C20H14N2O4/c23-18(24)20(19(25)26)11-17(22-15-8-4-2-6-13(15)20)16-10-9-12-5-1-3-7-14(12)21-16/h1-10H,11H2,(H,23,24)(H,25,26). The molecule has 4 rings (SSSR count). The van der Waals surface area contributed by atoms with Crippen LogP contribution < -0.4 is 0 Å². The number of aliphatic imine (C=N–C) groups is 1. The summed E-state index contributed by atoms with van der Waals surface area (Å²) in [4.78, 5) is 33.1. The molecule has 128 valence electrons. The highest BCUT2D eigenvalue weighted by atomic mass is 16.4. The molecule has 1 aliphatic rings. The molecule has 2 aromatic carbocycles. The average molecular weight is 346 g/mol. The summed E-state index contributed by atoms with van der Waals surface area (Å²) in [5.74, 6) is -2.82. The van der Waals surface area contributed by atoms with Crippen LogP contribution in [0, 0.1) is 0 Å². The first-order chi connectivity index (χ1) is 12.5. The largest absolute Gasteiger partial charge is 0.480 e. The SMILES string of the molecule is O=C(O)C1(C(=O)O)CC(c2ccc3ccccc3n2)=Nc2ccccc21. The molecule has 0 saturated carbocycles. The number of fused-ring (bicyclic) bond motifs is 2. The van der Waals surface area contributed by atoms with Gasteiger partial charge in [-0.3, -0.25) is 14.6 Å². The third kappa shape index (κ3) is 2.27. The second-order valence-electron chi connectivity index (χ2n) is 6.16. The molecule has 2 N–H and O–H groups in total. The molecule has 0 unspecified atom stereocenters. The van der Waals surface area contributed by atoms with E-state index in [1.54, 1.807) is 24.3 Å². The van der Waals surface area contributed by atoms with Gasteiger partial charge in [-0.05, 0) is 18.2 Å². The summed E-state index contributed by atoms with van der Waals surface area (Å²) in [6, 6.07) is 17.6. The maximum atomic E-state index is 12.0. The molecular weight excluding hydrogens is 332 g/mol. The Morgan fingerprint density at radius 2 is 1.58 bits per heavy atom. The summed E-state index contributed by atoms with van der Waals surface area (Å²) >= 11 is 0. The van der Waals surface area contributed by atoms with Crippen LogP contribution in [0.15, 0.2) is 65.7 Å². The van der Waals surface area contributed by atoms with E-state index >= 15 is 0 Å². The monoisotopic (exact) mass is 346 g/mol. The van der Waals surface area contributed by atoms with Crippen molar-refractivity contribution in [2.75, 3.05) is 0 Å². The number of aromatic nitrogens is 1. The minimum atomic E-state index is -2.08. The van der Waals surface area contributed by atoms with Gasteiger partial charge >= 0.3 is 11.9 Å². The number of carbonyl (C=O) groups is 2. The Hall–Kier alpha value is -3.54. The Morgan fingerprint density at radius 3 is 2.35 bits per heavy atom. The second kappa shape index (κ2) is 5.77. The van der Waals surface area contributed by atoms with Crippen molar-refractivity contribution >= 4 is 34.2 Å². The Balaban J connectivity index is 1.94. The molecule has 0 bridgehead atoms. The van der Waals surface area contributed by atoms with Gasteiger partial charge in [0.1, 0.15) is 0 Å². The molecule has 0 fully saturated rings. The summed E-state index contributed by atoms with van der Waals surface area (Å²) in [6.07, 6.45) is -0.264. The van der Waals surface area contributed by atoms with Crippen molar-refractivity contribution in [3.63, 3.8) is 0 Å². The molecule has 3 aromatic rings. The number of aliphatic carboxylic acids is 2. The van der Waals surface area contributed by atoms with Gasteiger partial charge in [-0.25, -0.2) is 4.98 Å². The van der Waals surface area contributed by atoms with E-state index in [2.05, 4.69) is 9.98 Å². The van der Waals surface area contributed by atoms with Gasteiger partial charge in [-0.2, -0.15) is 0 Å². The zero-order chi connectivity index (χ0) is 18.3. The highest BCUT2D eigenvalue weighted by Crippen LogP contribution is 2.41. The predicted molar refractivity (Wildman–Crippen MR) is 95.9 cm³/mol. The average Bonchev–Trinajstić information content (AvgIpc) is 2.66. The van der Waals surface area contributed by atoms with Gasteiger partial charge in [-0.1, -0.05) is 42.5 Å². The zero-order valence-corrected chi connectivity index (χ0v) is 13.6. The van der Waals surface area contributed by atoms with E-state index < -0.39 is 17.4 Å². The van der Waals surface area contributed by atoms with Crippen molar-refractivity contribution in [3.8, 4) is 0 Å². The number of nitrogens with zero attached hydrogens (tertiary/aromatic N) is 2. The Bertz CT molecular complexity index is 1070.